The lowest BCUT2D eigenvalue weighted by atomic mass is 10.1. The Hall–Kier alpha value is -2.88. The number of rotatable bonds is 9. The van der Waals surface area contributed by atoms with Crippen molar-refractivity contribution in [2.75, 3.05) is 10.8 Å². The number of sulfonamides is 1. The first kappa shape index (κ1) is 30.7. The molecule has 0 aromatic heterocycles. The molecule has 0 heterocycles. The first-order chi connectivity index (χ1) is 18.2. The lowest BCUT2D eigenvalue weighted by Gasteiger charge is -2.34. The molecule has 2 amide bonds. The second-order valence-corrected chi connectivity index (χ2v) is 13.5. The monoisotopic (exact) mass is 633 g/mol. The van der Waals surface area contributed by atoms with Crippen molar-refractivity contribution in [3.63, 3.8) is 0 Å². The number of amides is 2. The number of aryl methyl sites for hydroxylation is 1. The van der Waals surface area contributed by atoms with E-state index in [1.165, 1.54) is 23.1 Å². The fourth-order valence-corrected chi connectivity index (χ4v) is 5.85. The number of carbonyl (C=O) groups is 2. The largest absolute Gasteiger partial charge is 0.350 e. The minimum absolute atomic E-state index is 0.0372. The Bertz CT molecular complexity index is 1430. The van der Waals surface area contributed by atoms with E-state index in [0.717, 1.165) is 14.3 Å². The molecule has 3 aromatic rings. The lowest BCUT2D eigenvalue weighted by molar-refractivity contribution is -0.140. The van der Waals surface area contributed by atoms with Crippen molar-refractivity contribution in [2.24, 2.45) is 0 Å². The molecule has 0 bridgehead atoms. The molecule has 39 heavy (non-hydrogen) atoms. The first-order valence-electron chi connectivity index (χ1n) is 12.4. The maximum atomic E-state index is 14.0. The van der Waals surface area contributed by atoms with Gasteiger partial charge in [0, 0.05) is 21.6 Å². The van der Waals surface area contributed by atoms with Crippen molar-refractivity contribution in [3.05, 3.63) is 93.4 Å². The number of halogens is 2. The minimum Gasteiger partial charge on any atom is -0.350 e. The van der Waals surface area contributed by atoms with Crippen LogP contribution in [0.2, 0.25) is 5.02 Å². The van der Waals surface area contributed by atoms with Gasteiger partial charge in [0.2, 0.25) is 11.8 Å². The Morgan fingerprint density at radius 3 is 2.21 bits per heavy atom. The molecule has 1 N–H and O–H groups in total. The van der Waals surface area contributed by atoms with Crippen LogP contribution < -0.4 is 9.62 Å². The van der Waals surface area contributed by atoms with E-state index in [9.17, 15) is 18.0 Å². The first-order valence-corrected chi connectivity index (χ1v) is 15.0. The Balaban J connectivity index is 2.06. The molecular weight excluding hydrogens is 602 g/mol. The number of hydrogen-bond acceptors (Lipinski definition) is 4. The summed E-state index contributed by atoms with van der Waals surface area (Å²) in [6, 6.07) is 19.3. The van der Waals surface area contributed by atoms with Crippen LogP contribution in [-0.2, 0) is 26.2 Å². The van der Waals surface area contributed by atoms with E-state index in [1.807, 2.05) is 45.0 Å². The van der Waals surface area contributed by atoms with Gasteiger partial charge in [-0.2, -0.15) is 0 Å². The maximum Gasteiger partial charge on any atom is 0.264 e. The van der Waals surface area contributed by atoms with Gasteiger partial charge in [0.1, 0.15) is 12.6 Å². The fraction of sp³-hybridized carbons (Fsp3) is 0.310. The molecule has 3 aromatic carbocycles. The molecule has 0 aliphatic rings. The summed E-state index contributed by atoms with van der Waals surface area (Å²) in [7, 11) is -4.15. The van der Waals surface area contributed by atoms with Gasteiger partial charge in [0.15, 0.2) is 0 Å². The number of hydrogen-bond donors (Lipinski definition) is 1. The van der Waals surface area contributed by atoms with Gasteiger partial charge >= 0.3 is 0 Å². The third-order valence-electron chi connectivity index (χ3n) is 5.98. The summed E-state index contributed by atoms with van der Waals surface area (Å²) in [5.41, 5.74) is 1.19. The van der Waals surface area contributed by atoms with Gasteiger partial charge in [0.05, 0.1) is 10.6 Å². The topological polar surface area (TPSA) is 86.8 Å². The molecule has 0 spiro atoms. The molecule has 0 aliphatic carbocycles. The molecule has 0 saturated carbocycles. The summed E-state index contributed by atoms with van der Waals surface area (Å²) in [4.78, 5) is 28.6. The highest BCUT2D eigenvalue weighted by atomic mass is 79.9. The van der Waals surface area contributed by atoms with E-state index in [4.69, 9.17) is 11.6 Å². The summed E-state index contributed by atoms with van der Waals surface area (Å²) >= 11 is 9.67. The number of carbonyl (C=O) groups excluding carboxylic acids is 2. The standard InChI is InChI=1S/C29H33BrClN3O4S/c1-20-11-16-24(31)17-26(20)34(39(37,38)25-9-7-6-8-10-25)19-27(35)33(18-22-12-14-23(30)15-13-22)21(2)28(36)32-29(3,4)5/h6-17,21H,18-19H2,1-5H3,(H,32,36). The van der Waals surface area contributed by atoms with Crippen LogP contribution in [0.15, 0.2) is 82.2 Å². The normalized spacial score (nSPS) is 12.5. The summed E-state index contributed by atoms with van der Waals surface area (Å²) in [6.45, 7) is 8.54. The Labute approximate surface area is 244 Å². The molecular formula is C29H33BrClN3O4S. The zero-order chi connectivity index (χ0) is 29.0. The molecule has 3 rings (SSSR count). The van der Waals surface area contributed by atoms with Gasteiger partial charge in [-0.25, -0.2) is 8.42 Å². The van der Waals surface area contributed by atoms with Crippen LogP contribution >= 0.6 is 27.5 Å². The SMILES string of the molecule is Cc1ccc(Cl)cc1N(CC(=O)N(Cc1ccc(Br)cc1)C(C)C(=O)NC(C)(C)C)S(=O)(=O)c1ccccc1. The third kappa shape index (κ3) is 8.06. The summed E-state index contributed by atoms with van der Waals surface area (Å²) in [5, 5.41) is 3.25. The highest BCUT2D eigenvalue weighted by molar-refractivity contribution is 9.10. The van der Waals surface area contributed by atoms with E-state index in [2.05, 4.69) is 21.2 Å². The Morgan fingerprint density at radius 2 is 1.62 bits per heavy atom. The quantitative estimate of drug-likeness (QED) is 0.316. The van der Waals surface area contributed by atoms with Gasteiger partial charge in [-0.1, -0.05) is 63.9 Å². The maximum absolute atomic E-state index is 14.0. The Morgan fingerprint density at radius 1 is 1.00 bits per heavy atom. The van der Waals surface area contributed by atoms with E-state index in [1.54, 1.807) is 44.2 Å². The van der Waals surface area contributed by atoms with Crippen LogP contribution in [0.25, 0.3) is 0 Å². The predicted molar refractivity (Wildman–Crippen MR) is 159 cm³/mol. The average molecular weight is 635 g/mol. The third-order valence-corrected chi connectivity index (χ3v) is 8.52. The minimum atomic E-state index is -4.15. The van der Waals surface area contributed by atoms with Gasteiger partial charge in [-0.3, -0.25) is 13.9 Å². The molecule has 10 heteroatoms. The van der Waals surface area contributed by atoms with Crippen molar-refractivity contribution in [1.29, 1.82) is 0 Å². The van der Waals surface area contributed by atoms with Crippen molar-refractivity contribution >= 4 is 55.1 Å². The van der Waals surface area contributed by atoms with Crippen LogP contribution in [0.1, 0.15) is 38.8 Å². The predicted octanol–water partition coefficient (Wildman–Crippen LogP) is 5.94. The molecule has 1 unspecified atom stereocenters. The molecule has 208 valence electrons. The molecule has 0 aliphatic heterocycles. The zero-order valence-electron chi connectivity index (χ0n) is 22.6. The van der Waals surface area contributed by atoms with Crippen molar-refractivity contribution in [2.45, 2.75) is 57.6 Å². The van der Waals surface area contributed by atoms with Crippen molar-refractivity contribution < 1.29 is 18.0 Å². The van der Waals surface area contributed by atoms with E-state index >= 15 is 0 Å². The van der Waals surface area contributed by atoms with Gasteiger partial charge < -0.3 is 10.2 Å². The lowest BCUT2D eigenvalue weighted by Crippen LogP contribution is -2.54. The van der Waals surface area contributed by atoms with Crippen LogP contribution in [0, 0.1) is 6.92 Å². The molecule has 0 fully saturated rings. The van der Waals surface area contributed by atoms with E-state index in [0.29, 0.717) is 10.6 Å². The van der Waals surface area contributed by atoms with Crippen LogP contribution in [0.5, 0.6) is 0 Å². The summed E-state index contributed by atoms with van der Waals surface area (Å²) in [5.74, 6) is -0.877. The molecule has 7 nitrogen and oxygen atoms in total. The van der Waals surface area contributed by atoms with E-state index in [-0.39, 0.29) is 23.0 Å². The van der Waals surface area contributed by atoms with E-state index < -0.39 is 34.1 Å². The molecule has 0 radical (unpaired) electrons. The van der Waals surface area contributed by atoms with Gasteiger partial charge in [0.25, 0.3) is 10.0 Å². The molecule has 0 saturated heterocycles. The second kappa shape index (κ2) is 12.5. The van der Waals surface area contributed by atoms with Crippen molar-refractivity contribution in [1.82, 2.24) is 10.2 Å². The average Bonchev–Trinajstić information content (AvgIpc) is 2.87. The second-order valence-electron chi connectivity index (χ2n) is 10.3. The highest BCUT2D eigenvalue weighted by Crippen LogP contribution is 2.30. The summed E-state index contributed by atoms with van der Waals surface area (Å²) in [6.07, 6.45) is 0. The number of nitrogens with one attached hydrogen (secondary N) is 1. The molecule has 1 atom stereocenters. The van der Waals surface area contributed by atoms with Crippen LogP contribution in [0.3, 0.4) is 0 Å². The van der Waals surface area contributed by atoms with Crippen LogP contribution in [0.4, 0.5) is 5.69 Å². The Kier molecular flexibility index (Phi) is 9.85. The number of nitrogens with zero attached hydrogens (tertiary/aromatic N) is 2. The zero-order valence-corrected chi connectivity index (χ0v) is 25.8. The fourth-order valence-electron chi connectivity index (χ4n) is 3.93. The number of benzene rings is 3. The van der Waals surface area contributed by atoms with Crippen LogP contribution in [-0.4, -0.2) is 43.3 Å². The number of anilines is 1. The smallest absolute Gasteiger partial charge is 0.264 e. The summed E-state index contributed by atoms with van der Waals surface area (Å²) < 4.78 is 29.7. The van der Waals surface area contributed by atoms with Gasteiger partial charge in [-0.05, 0) is 82.1 Å². The van der Waals surface area contributed by atoms with Crippen molar-refractivity contribution in [3.8, 4) is 0 Å². The van der Waals surface area contributed by atoms with Gasteiger partial charge in [-0.15, -0.1) is 0 Å². The highest BCUT2D eigenvalue weighted by Gasteiger charge is 2.34.